The highest BCUT2D eigenvalue weighted by Gasteiger charge is 2.17. The minimum Gasteiger partial charge on any atom is -0.288 e. The molecule has 2 aromatic rings. The zero-order valence-corrected chi connectivity index (χ0v) is 10.2. The van der Waals surface area contributed by atoms with E-state index in [1.54, 1.807) is 19.1 Å². The van der Waals surface area contributed by atoms with Crippen LogP contribution in [0, 0.1) is 11.3 Å². The maximum Gasteiger partial charge on any atom is 0.203 e. The summed E-state index contributed by atoms with van der Waals surface area (Å²) in [6, 6.07) is 13.1. The van der Waals surface area contributed by atoms with Crippen molar-refractivity contribution in [3.63, 3.8) is 0 Å². The van der Waals surface area contributed by atoms with Crippen LogP contribution in [0.15, 0.2) is 41.8 Å². The summed E-state index contributed by atoms with van der Waals surface area (Å²) in [6.07, 6.45) is 0. The molecule has 0 saturated carbocycles. The van der Waals surface area contributed by atoms with Crippen LogP contribution in [0.4, 0.5) is 0 Å². The predicted molar refractivity (Wildman–Crippen MR) is 68.2 cm³/mol. The fraction of sp³-hybridized carbons (Fsp3) is 0.143. The SMILES string of the molecule is CC(C#N)c1ccccc1C(=O)c1cccs1. The second-order valence-corrected chi connectivity index (χ2v) is 4.69. The largest absolute Gasteiger partial charge is 0.288 e. The molecule has 0 N–H and O–H groups in total. The normalized spacial score (nSPS) is 11.8. The third kappa shape index (κ3) is 2.27. The Hall–Kier alpha value is -1.92. The minimum atomic E-state index is -0.268. The fourth-order valence-corrected chi connectivity index (χ4v) is 2.37. The van der Waals surface area contributed by atoms with E-state index in [4.69, 9.17) is 5.26 Å². The average molecular weight is 241 g/mol. The molecule has 17 heavy (non-hydrogen) atoms. The summed E-state index contributed by atoms with van der Waals surface area (Å²) in [5.74, 6) is -0.271. The van der Waals surface area contributed by atoms with E-state index in [1.165, 1.54) is 11.3 Å². The van der Waals surface area contributed by atoms with Gasteiger partial charge in [0.15, 0.2) is 0 Å². The molecule has 1 aromatic carbocycles. The zero-order valence-electron chi connectivity index (χ0n) is 9.38. The lowest BCUT2D eigenvalue weighted by molar-refractivity contribution is 0.104. The van der Waals surface area contributed by atoms with E-state index in [2.05, 4.69) is 6.07 Å². The van der Waals surface area contributed by atoms with Crippen molar-refractivity contribution < 1.29 is 4.79 Å². The highest BCUT2D eigenvalue weighted by molar-refractivity contribution is 7.12. The van der Waals surface area contributed by atoms with Crippen LogP contribution in [0.25, 0.3) is 0 Å². The Bertz CT molecular complexity index is 566. The van der Waals surface area contributed by atoms with Gasteiger partial charge in [0, 0.05) is 5.56 Å². The van der Waals surface area contributed by atoms with Gasteiger partial charge in [-0.25, -0.2) is 0 Å². The number of benzene rings is 1. The van der Waals surface area contributed by atoms with Crippen molar-refractivity contribution in [3.05, 3.63) is 57.8 Å². The molecule has 0 spiro atoms. The molecule has 2 rings (SSSR count). The summed E-state index contributed by atoms with van der Waals surface area (Å²) >= 11 is 1.42. The van der Waals surface area contributed by atoms with Crippen molar-refractivity contribution in [2.24, 2.45) is 0 Å². The molecule has 1 atom stereocenters. The number of nitrogens with zero attached hydrogens (tertiary/aromatic N) is 1. The summed E-state index contributed by atoms with van der Waals surface area (Å²) in [4.78, 5) is 13.0. The van der Waals surface area contributed by atoms with Gasteiger partial charge in [-0.15, -0.1) is 11.3 Å². The minimum absolute atomic E-state index is 0.00213. The number of hydrogen-bond donors (Lipinski definition) is 0. The zero-order chi connectivity index (χ0) is 12.3. The van der Waals surface area contributed by atoms with Gasteiger partial charge in [0.05, 0.1) is 16.9 Å². The first-order valence-electron chi connectivity index (χ1n) is 5.30. The Morgan fingerprint density at radius 3 is 2.71 bits per heavy atom. The standard InChI is InChI=1S/C14H11NOS/c1-10(9-15)11-5-2-3-6-12(11)14(16)13-7-4-8-17-13/h2-8,10H,1H3. The van der Waals surface area contributed by atoms with E-state index < -0.39 is 0 Å². The molecule has 0 radical (unpaired) electrons. The van der Waals surface area contributed by atoms with Crippen molar-refractivity contribution in [1.82, 2.24) is 0 Å². The molecule has 1 heterocycles. The lowest BCUT2D eigenvalue weighted by Gasteiger charge is -2.08. The van der Waals surface area contributed by atoms with Crippen LogP contribution in [-0.4, -0.2) is 5.78 Å². The maximum absolute atomic E-state index is 12.2. The number of ketones is 1. The summed E-state index contributed by atoms with van der Waals surface area (Å²) in [7, 11) is 0. The highest BCUT2D eigenvalue weighted by atomic mass is 32.1. The quantitative estimate of drug-likeness (QED) is 0.770. The molecule has 3 heteroatoms. The molecule has 1 aromatic heterocycles. The van der Waals surface area contributed by atoms with Gasteiger partial charge in [-0.1, -0.05) is 30.3 Å². The smallest absolute Gasteiger partial charge is 0.203 e. The Kier molecular flexibility index (Phi) is 3.36. The number of rotatable bonds is 3. The van der Waals surface area contributed by atoms with Crippen LogP contribution in [0.5, 0.6) is 0 Å². The first kappa shape index (κ1) is 11.6. The predicted octanol–water partition coefficient (Wildman–Crippen LogP) is 3.61. The van der Waals surface area contributed by atoms with Gasteiger partial charge in [-0.2, -0.15) is 5.26 Å². The molecule has 0 saturated heterocycles. The molecule has 0 aliphatic carbocycles. The molecular formula is C14H11NOS. The van der Waals surface area contributed by atoms with Gasteiger partial charge in [0.2, 0.25) is 5.78 Å². The van der Waals surface area contributed by atoms with Gasteiger partial charge in [0.1, 0.15) is 0 Å². The van der Waals surface area contributed by atoms with Crippen molar-refractivity contribution in [2.45, 2.75) is 12.8 Å². The molecule has 0 amide bonds. The van der Waals surface area contributed by atoms with Gasteiger partial charge in [0.25, 0.3) is 0 Å². The number of nitriles is 1. The second-order valence-electron chi connectivity index (χ2n) is 3.74. The Morgan fingerprint density at radius 1 is 1.29 bits per heavy atom. The monoisotopic (exact) mass is 241 g/mol. The van der Waals surface area contributed by atoms with Gasteiger partial charge in [-0.3, -0.25) is 4.79 Å². The van der Waals surface area contributed by atoms with Crippen LogP contribution in [-0.2, 0) is 0 Å². The van der Waals surface area contributed by atoms with Gasteiger partial charge in [-0.05, 0) is 23.9 Å². The van der Waals surface area contributed by atoms with E-state index >= 15 is 0 Å². The summed E-state index contributed by atoms with van der Waals surface area (Å²) in [6.45, 7) is 1.81. The molecule has 0 fully saturated rings. The first-order valence-corrected chi connectivity index (χ1v) is 6.18. The van der Waals surface area contributed by atoms with E-state index in [-0.39, 0.29) is 11.7 Å². The number of thiophene rings is 1. The van der Waals surface area contributed by atoms with E-state index in [0.717, 1.165) is 5.56 Å². The fourth-order valence-electron chi connectivity index (χ4n) is 1.69. The Morgan fingerprint density at radius 2 is 2.06 bits per heavy atom. The Balaban J connectivity index is 2.46. The molecule has 0 bridgehead atoms. The number of carbonyl (C=O) groups excluding carboxylic acids is 1. The third-order valence-corrected chi connectivity index (χ3v) is 3.48. The number of hydrogen-bond acceptors (Lipinski definition) is 3. The maximum atomic E-state index is 12.2. The topological polar surface area (TPSA) is 40.9 Å². The van der Waals surface area contributed by atoms with E-state index in [0.29, 0.717) is 10.4 Å². The van der Waals surface area contributed by atoms with Gasteiger partial charge < -0.3 is 0 Å². The highest BCUT2D eigenvalue weighted by Crippen LogP contribution is 2.23. The lowest BCUT2D eigenvalue weighted by atomic mass is 9.94. The molecular weight excluding hydrogens is 230 g/mol. The summed E-state index contributed by atoms with van der Waals surface area (Å²) < 4.78 is 0. The van der Waals surface area contributed by atoms with Crippen molar-refractivity contribution >= 4 is 17.1 Å². The summed E-state index contributed by atoms with van der Waals surface area (Å²) in [5.41, 5.74) is 1.43. The van der Waals surface area contributed by atoms with Gasteiger partial charge >= 0.3 is 0 Å². The van der Waals surface area contributed by atoms with E-state index in [1.807, 2.05) is 29.6 Å². The average Bonchev–Trinajstić information content (AvgIpc) is 2.91. The third-order valence-electron chi connectivity index (χ3n) is 2.61. The van der Waals surface area contributed by atoms with Crippen molar-refractivity contribution in [2.75, 3.05) is 0 Å². The first-order chi connectivity index (χ1) is 8.24. The van der Waals surface area contributed by atoms with Crippen LogP contribution in [0.3, 0.4) is 0 Å². The molecule has 0 aliphatic rings. The number of carbonyl (C=O) groups is 1. The second kappa shape index (κ2) is 4.94. The summed E-state index contributed by atoms with van der Waals surface area (Å²) in [5, 5.41) is 10.8. The lowest BCUT2D eigenvalue weighted by Crippen LogP contribution is -2.05. The van der Waals surface area contributed by atoms with Crippen molar-refractivity contribution in [1.29, 1.82) is 5.26 Å². The van der Waals surface area contributed by atoms with Crippen LogP contribution in [0.2, 0.25) is 0 Å². The Labute approximate surface area is 104 Å². The van der Waals surface area contributed by atoms with Crippen LogP contribution < -0.4 is 0 Å². The van der Waals surface area contributed by atoms with E-state index in [9.17, 15) is 4.79 Å². The van der Waals surface area contributed by atoms with Crippen molar-refractivity contribution in [3.8, 4) is 6.07 Å². The molecule has 1 unspecified atom stereocenters. The molecule has 2 nitrogen and oxygen atoms in total. The molecule has 84 valence electrons. The molecule has 0 aliphatic heterocycles. The van der Waals surface area contributed by atoms with Crippen LogP contribution >= 0.6 is 11.3 Å². The van der Waals surface area contributed by atoms with Crippen LogP contribution in [0.1, 0.15) is 33.6 Å².